The molecule has 10 heteroatoms. The van der Waals surface area contributed by atoms with E-state index in [9.17, 15) is 27.0 Å². The zero-order valence-electron chi connectivity index (χ0n) is 9.55. The van der Waals surface area contributed by atoms with Crippen molar-refractivity contribution >= 4 is 31.0 Å². The predicted octanol–water partition coefficient (Wildman–Crippen LogP) is 0.744. The van der Waals surface area contributed by atoms with Crippen molar-refractivity contribution in [3.63, 3.8) is 0 Å². The molecule has 0 saturated carbocycles. The molecule has 0 saturated heterocycles. The first-order valence-electron chi connectivity index (χ1n) is 4.95. The molecule has 108 valence electrons. The molecule has 0 fully saturated rings. The van der Waals surface area contributed by atoms with E-state index in [2.05, 4.69) is 0 Å². The highest BCUT2D eigenvalue weighted by Gasteiger charge is 2.24. The molecule has 0 aromatic heterocycles. The summed E-state index contributed by atoms with van der Waals surface area (Å²) in [7, 11) is -9.35. The number of rotatable bonds is 2. The summed E-state index contributed by atoms with van der Waals surface area (Å²) < 4.78 is 61.8. The third-order valence-electron chi connectivity index (χ3n) is 2.57. The second-order valence-corrected chi connectivity index (χ2v) is 6.69. The summed E-state index contributed by atoms with van der Waals surface area (Å²) in [6, 6.07) is 3.73. The average Bonchev–Trinajstić information content (AvgIpc) is 2.24. The van der Waals surface area contributed by atoms with E-state index in [1.54, 1.807) is 0 Å². The summed E-state index contributed by atoms with van der Waals surface area (Å²) in [5, 5.41) is 19.1. The highest BCUT2D eigenvalue weighted by atomic mass is 32.2. The van der Waals surface area contributed by atoms with Crippen LogP contribution in [-0.4, -0.2) is 36.2 Å². The van der Waals surface area contributed by atoms with Crippen LogP contribution in [0.4, 0.5) is 0 Å². The Bertz CT molecular complexity index is 912. The summed E-state index contributed by atoms with van der Waals surface area (Å²) in [5.41, 5.74) is 0. The van der Waals surface area contributed by atoms with Gasteiger partial charge in [-0.1, -0.05) is 0 Å². The zero-order chi connectivity index (χ0) is 15.3. The van der Waals surface area contributed by atoms with E-state index in [4.69, 9.17) is 9.11 Å². The van der Waals surface area contributed by atoms with Crippen LogP contribution < -0.4 is 0 Å². The SMILES string of the molecule is O=S(=O)(O)c1ccc2c(O)c(S(=O)(=O)O)c(O)cc2c1. The maximum absolute atomic E-state index is 11.0. The summed E-state index contributed by atoms with van der Waals surface area (Å²) in [6.45, 7) is 0. The second kappa shape index (κ2) is 4.31. The molecule has 0 unspecified atom stereocenters. The Morgan fingerprint density at radius 1 is 0.850 bits per heavy atom. The first kappa shape index (κ1) is 14.5. The standard InChI is InChI=1S/C10H8O8S2/c11-8-4-5-3-6(19(13,14)15)1-2-7(5)9(12)10(8)20(16,17)18/h1-4,11-12H,(H,13,14,15)(H,16,17,18). The van der Waals surface area contributed by atoms with Gasteiger partial charge in [0.15, 0.2) is 4.90 Å². The number of aromatic hydroxyl groups is 2. The van der Waals surface area contributed by atoms with Gasteiger partial charge in [0.2, 0.25) is 0 Å². The second-order valence-electron chi connectivity index (χ2n) is 3.91. The minimum absolute atomic E-state index is 0.0393. The van der Waals surface area contributed by atoms with E-state index in [0.29, 0.717) is 0 Å². The minimum Gasteiger partial charge on any atom is -0.506 e. The van der Waals surface area contributed by atoms with Gasteiger partial charge < -0.3 is 10.2 Å². The first-order valence-corrected chi connectivity index (χ1v) is 7.83. The van der Waals surface area contributed by atoms with Crippen LogP contribution in [0.15, 0.2) is 34.1 Å². The molecule has 0 bridgehead atoms. The summed E-state index contributed by atoms with van der Waals surface area (Å²) in [6.07, 6.45) is 0. The number of hydrogen-bond acceptors (Lipinski definition) is 6. The highest BCUT2D eigenvalue weighted by Crippen LogP contribution is 2.39. The van der Waals surface area contributed by atoms with Crippen LogP contribution in [0.2, 0.25) is 0 Å². The van der Waals surface area contributed by atoms with Gasteiger partial charge in [-0.05, 0) is 29.7 Å². The third kappa shape index (κ3) is 2.41. The van der Waals surface area contributed by atoms with Crippen molar-refractivity contribution in [3.8, 4) is 11.5 Å². The molecule has 0 radical (unpaired) electrons. The molecule has 20 heavy (non-hydrogen) atoms. The number of phenolic OH excluding ortho intramolecular Hbond substituents is 2. The lowest BCUT2D eigenvalue weighted by molar-refractivity contribution is 0.414. The first-order chi connectivity index (χ1) is 9.01. The Balaban J connectivity index is 2.91. The van der Waals surface area contributed by atoms with Crippen molar-refractivity contribution in [1.82, 2.24) is 0 Å². The van der Waals surface area contributed by atoms with Gasteiger partial charge in [0, 0.05) is 5.39 Å². The molecular weight excluding hydrogens is 312 g/mol. The van der Waals surface area contributed by atoms with E-state index in [0.717, 1.165) is 24.3 Å². The fourth-order valence-electron chi connectivity index (χ4n) is 1.75. The lowest BCUT2D eigenvalue weighted by Crippen LogP contribution is -2.01. The van der Waals surface area contributed by atoms with E-state index in [1.807, 2.05) is 0 Å². The predicted molar refractivity (Wildman–Crippen MR) is 66.9 cm³/mol. The van der Waals surface area contributed by atoms with Crippen LogP contribution in [0, 0.1) is 0 Å². The van der Waals surface area contributed by atoms with E-state index >= 15 is 0 Å². The smallest absolute Gasteiger partial charge is 0.301 e. The summed E-state index contributed by atoms with van der Waals surface area (Å²) in [5.74, 6) is -1.88. The Labute approximate surface area is 113 Å². The van der Waals surface area contributed by atoms with Crippen LogP contribution in [-0.2, 0) is 20.2 Å². The van der Waals surface area contributed by atoms with Crippen LogP contribution >= 0.6 is 0 Å². The van der Waals surface area contributed by atoms with Gasteiger partial charge in [-0.2, -0.15) is 16.8 Å². The molecule has 4 N–H and O–H groups in total. The Morgan fingerprint density at radius 3 is 1.95 bits per heavy atom. The summed E-state index contributed by atoms with van der Waals surface area (Å²) >= 11 is 0. The lowest BCUT2D eigenvalue weighted by atomic mass is 10.1. The summed E-state index contributed by atoms with van der Waals surface area (Å²) in [4.78, 5) is -1.58. The van der Waals surface area contributed by atoms with E-state index < -0.39 is 41.5 Å². The van der Waals surface area contributed by atoms with Gasteiger partial charge in [0.1, 0.15) is 11.5 Å². The van der Waals surface area contributed by atoms with Gasteiger partial charge in [-0.25, -0.2) is 0 Å². The Kier molecular flexibility index (Phi) is 3.13. The number of hydrogen-bond donors (Lipinski definition) is 4. The zero-order valence-corrected chi connectivity index (χ0v) is 11.2. The maximum Gasteiger partial charge on any atom is 0.301 e. The monoisotopic (exact) mass is 320 g/mol. The topological polar surface area (TPSA) is 149 Å². The van der Waals surface area contributed by atoms with Gasteiger partial charge >= 0.3 is 10.1 Å². The molecule has 0 heterocycles. The molecule has 2 aromatic carbocycles. The fraction of sp³-hybridized carbons (Fsp3) is 0. The minimum atomic E-state index is -4.86. The largest absolute Gasteiger partial charge is 0.506 e. The lowest BCUT2D eigenvalue weighted by Gasteiger charge is -2.09. The molecule has 8 nitrogen and oxygen atoms in total. The van der Waals surface area contributed by atoms with Crippen LogP contribution in [0.25, 0.3) is 10.8 Å². The van der Waals surface area contributed by atoms with Crippen molar-refractivity contribution < 1.29 is 36.2 Å². The molecule has 0 aliphatic carbocycles. The van der Waals surface area contributed by atoms with Crippen molar-refractivity contribution in [3.05, 3.63) is 24.3 Å². The average molecular weight is 320 g/mol. The van der Waals surface area contributed by atoms with Crippen LogP contribution in [0.1, 0.15) is 0 Å². The molecule has 0 atom stereocenters. The van der Waals surface area contributed by atoms with Gasteiger partial charge in [0.05, 0.1) is 4.90 Å². The van der Waals surface area contributed by atoms with Crippen LogP contribution in [0.5, 0.6) is 11.5 Å². The van der Waals surface area contributed by atoms with Crippen molar-refractivity contribution in [2.75, 3.05) is 0 Å². The highest BCUT2D eigenvalue weighted by molar-refractivity contribution is 7.86. The number of benzene rings is 2. The van der Waals surface area contributed by atoms with Gasteiger partial charge in [-0.3, -0.25) is 9.11 Å². The molecule has 0 aliphatic heterocycles. The molecule has 0 aliphatic rings. The Hall–Kier alpha value is -1.88. The normalized spacial score (nSPS) is 12.7. The van der Waals surface area contributed by atoms with E-state index in [-0.39, 0.29) is 10.8 Å². The molecule has 0 spiro atoms. The molecule has 2 rings (SSSR count). The van der Waals surface area contributed by atoms with Crippen molar-refractivity contribution in [2.45, 2.75) is 9.79 Å². The van der Waals surface area contributed by atoms with Gasteiger partial charge in [-0.15, -0.1) is 0 Å². The molecule has 2 aromatic rings. The maximum atomic E-state index is 11.0. The number of fused-ring (bicyclic) bond motifs is 1. The number of phenols is 2. The Morgan fingerprint density at radius 2 is 1.45 bits per heavy atom. The fourth-order valence-corrected chi connectivity index (χ4v) is 2.94. The third-order valence-corrected chi connectivity index (χ3v) is 4.34. The van der Waals surface area contributed by atoms with Crippen LogP contribution in [0.3, 0.4) is 0 Å². The quantitative estimate of drug-likeness (QED) is 0.592. The molecular formula is C10H8O8S2. The van der Waals surface area contributed by atoms with Crippen molar-refractivity contribution in [1.29, 1.82) is 0 Å². The van der Waals surface area contributed by atoms with E-state index in [1.165, 1.54) is 0 Å². The van der Waals surface area contributed by atoms with Crippen molar-refractivity contribution in [2.24, 2.45) is 0 Å². The van der Waals surface area contributed by atoms with Gasteiger partial charge in [0.25, 0.3) is 10.1 Å². The molecule has 0 amide bonds.